The molecule has 4 nitrogen and oxygen atoms in total. The zero-order chi connectivity index (χ0) is 13.8. The van der Waals surface area contributed by atoms with E-state index in [-0.39, 0.29) is 0 Å². The monoisotopic (exact) mass is 279 g/mol. The predicted molar refractivity (Wildman–Crippen MR) is 80.6 cm³/mol. The zero-order valence-electron chi connectivity index (χ0n) is 12.7. The second-order valence-electron chi connectivity index (χ2n) is 7.04. The smallest absolute Gasteiger partial charge is 0.236 e. The summed E-state index contributed by atoms with van der Waals surface area (Å²) in [4.78, 5) is 16.9. The van der Waals surface area contributed by atoms with Crippen molar-refractivity contribution >= 4 is 5.91 Å². The molecule has 0 aromatic carbocycles. The molecule has 1 unspecified atom stereocenters. The summed E-state index contributed by atoms with van der Waals surface area (Å²) < 4.78 is 0. The van der Waals surface area contributed by atoms with Gasteiger partial charge in [0.25, 0.3) is 0 Å². The fourth-order valence-corrected chi connectivity index (χ4v) is 4.26. The highest BCUT2D eigenvalue weighted by Gasteiger charge is 2.37. The molecule has 20 heavy (non-hydrogen) atoms. The van der Waals surface area contributed by atoms with Gasteiger partial charge in [0.05, 0.1) is 6.54 Å². The molecule has 0 saturated carbocycles. The Morgan fingerprint density at radius 3 is 2.55 bits per heavy atom. The van der Waals surface area contributed by atoms with Gasteiger partial charge in [0, 0.05) is 26.2 Å². The van der Waals surface area contributed by atoms with Crippen LogP contribution < -0.4 is 5.32 Å². The van der Waals surface area contributed by atoms with Crippen molar-refractivity contribution in [3.63, 3.8) is 0 Å². The first-order chi connectivity index (χ1) is 9.77. The lowest BCUT2D eigenvalue weighted by molar-refractivity contribution is -0.134. The van der Waals surface area contributed by atoms with Crippen LogP contribution in [0.15, 0.2) is 0 Å². The molecule has 0 aliphatic carbocycles. The number of piperidine rings is 3. The van der Waals surface area contributed by atoms with E-state index < -0.39 is 0 Å². The largest absolute Gasteiger partial charge is 0.342 e. The standard InChI is InChI=1S/C16H29N3O/c20-15(19-10-2-1-3-11-19)12-18-9-5-7-16(14-18)6-4-8-17-13-16/h17H,1-14H2. The highest BCUT2D eigenvalue weighted by Crippen LogP contribution is 2.35. The van der Waals surface area contributed by atoms with Gasteiger partial charge in [-0.05, 0) is 63.5 Å². The number of likely N-dealkylation sites (tertiary alicyclic amines) is 2. The molecule has 1 amide bonds. The molecule has 3 aliphatic rings. The van der Waals surface area contributed by atoms with Crippen molar-refractivity contribution in [1.29, 1.82) is 0 Å². The van der Waals surface area contributed by atoms with Gasteiger partial charge in [-0.15, -0.1) is 0 Å². The maximum absolute atomic E-state index is 12.4. The molecule has 3 fully saturated rings. The summed E-state index contributed by atoms with van der Waals surface area (Å²) in [7, 11) is 0. The molecule has 3 aliphatic heterocycles. The molecular weight excluding hydrogens is 250 g/mol. The van der Waals surface area contributed by atoms with Crippen LogP contribution in [0.5, 0.6) is 0 Å². The summed E-state index contributed by atoms with van der Waals surface area (Å²) in [5, 5.41) is 3.56. The molecule has 114 valence electrons. The van der Waals surface area contributed by atoms with E-state index in [1.807, 2.05) is 0 Å². The third-order valence-corrected chi connectivity index (χ3v) is 5.37. The van der Waals surface area contributed by atoms with Crippen molar-refractivity contribution in [2.75, 3.05) is 45.8 Å². The summed E-state index contributed by atoms with van der Waals surface area (Å²) >= 11 is 0. The molecule has 0 aromatic heterocycles. The number of hydrogen-bond acceptors (Lipinski definition) is 3. The first kappa shape index (κ1) is 14.3. The predicted octanol–water partition coefficient (Wildman–Crippen LogP) is 1.46. The lowest BCUT2D eigenvalue weighted by Gasteiger charge is -2.45. The van der Waals surface area contributed by atoms with E-state index in [2.05, 4.69) is 15.1 Å². The molecule has 0 bridgehead atoms. The number of carbonyl (C=O) groups is 1. The Balaban J connectivity index is 1.52. The van der Waals surface area contributed by atoms with Crippen LogP contribution in [0.4, 0.5) is 0 Å². The summed E-state index contributed by atoms with van der Waals surface area (Å²) in [5.74, 6) is 0.366. The third kappa shape index (κ3) is 3.34. The van der Waals surface area contributed by atoms with E-state index >= 15 is 0 Å². The molecule has 3 heterocycles. The van der Waals surface area contributed by atoms with E-state index in [4.69, 9.17) is 0 Å². The maximum Gasteiger partial charge on any atom is 0.236 e. The minimum atomic E-state index is 0.366. The molecule has 0 aromatic rings. The summed E-state index contributed by atoms with van der Waals surface area (Å²) in [6.45, 7) is 7.19. The molecule has 1 spiro atoms. The highest BCUT2D eigenvalue weighted by molar-refractivity contribution is 5.78. The lowest BCUT2D eigenvalue weighted by Crippen LogP contribution is -2.53. The molecule has 1 N–H and O–H groups in total. The quantitative estimate of drug-likeness (QED) is 0.831. The maximum atomic E-state index is 12.4. The van der Waals surface area contributed by atoms with E-state index in [1.165, 1.54) is 51.5 Å². The van der Waals surface area contributed by atoms with Gasteiger partial charge in [0.2, 0.25) is 5.91 Å². The minimum absolute atomic E-state index is 0.366. The number of nitrogens with zero attached hydrogens (tertiary/aromatic N) is 2. The van der Waals surface area contributed by atoms with Crippen molar-refractivity contribution in [3.8, 4) is 0 Å². The van der Waals surface area contributed by atoms with Crippen LogP contribution in [0, 0.1) is 5.41 Å². The van der Waals surface area contributed by atoms with E-state index in [9.17, 15) is 4.79 Å². The molecule has 3 rings (SSSR count). The minimum Gasteiger partial charge on any atom is -0.342 e. The topological polar surface area (TPSA) is 35.6 Å². The second kappa shape index (κ2) is 6.44. The first-order valence-electron chi connectivity index (χ1n) is 8.48. The number of hydrogen-bond donors (Lipinski definition) is 1. The molecule has 4 heteroatoms. The average Bonchev–Trinajstić information content (AvgIpc) is 2.49. The van der Waals surface area contributed by atoms with Crippen molar-refractivity contribution in [3.05, 3.63) is 0 Å². The van der Waals surface area contributed by atoms with E-state index in [0.29, 0.717) is 17.9 Å². The Morgan fingerprint density at radius 2 is 1.80 bits per heavy atom. The van der Waals surface area contributed by atoms with Crippen LogP contribution in [0.25, 0.3) is 0 Å². The Hall–Kier alpha value is -0.610. The Labute approximate surface area is 122 Å². The fourth-order valence-electron chi connectivity index (χ4n) is 4.26. The van der Waals surface area contributed by atoms with Crippen molar-refractivity contribution < 1.29 is 4.79 Å². The van der Waals surface area contributed by atoms with Gasteiger partial charge < -0.3 is 10.2 Å². The number of rotatable bonds is 2. The fraction of sp³-hybridized carbons (Fsp3) is 0.938. The number of nitrogens with one attached hydrogen (secondary N) is 1. The van der Waals surface area contributed by atoms with Crippen LogP contribution in [0.2, 0.25) is 0 Å². The van der Waals surface area contributed by atoms with Crippen LogP contribution in [0.1, 0.15) is 44.9 Å². The van der Waals surface area contributed by atoms with E-state index in [0.717, 1.165) is 32.7 Å². The van der Waals surface area contributed by atoms with E-state index in [1.54, 1.807) is 0 Å². The normalized spacial score (nSPS) is 32.5. The summed E-state index contributed by atoms with van der Waals surface area (Å²) in [6, 6.07) is 0. The molecule has 0 radical (unpaired) electrons. The SMILES string of the molecule is O=C(CN1CCCC2(CCCNC2)C1)N1CCCCC1. The van der Waals surface area contributed by atoms with Gasteiger partial charge in [-0.3, -0.25) is 9.69 Å². The van der Waals surface area contributed by atoms with Gasteiger partial charge in [-0.2, -0.15) is 0 Å². The van der Waals surface area contributed by atoms with Crippen LogP contribution in [-0.4, -0.2) is 61.5 Å². The Morgan fingerprint density at radius 1 is 1.00 bits per heavy atom. The number of carbonyl (C=O) groups excluding carboxylic acids is 1. The molecular formula is C16H29N3O. The first-order valence-corrected chi connectivity index (χ1v) is 8.48. The van der Waals surface area contributed by atoms with Gasteiger partial charge in [-0.25, -0.2) is 0 Å². The van der Waals surface area contributed by atoms with Crippen LogP contribution >= 0.6 is 0 Å². The van der Waals surface area contributed by atoms with Crippen LogP contribution in [0.3, 0.4) is 0 Å². The highest BCUT2D eigenvalue weighted by atomic mass is 16.2. The summed E-state index contributed by atoms with van der Waals surface area (Å²) in [6.07, 6.45) is 8.92. The second-order valence-corrected chi connectivity index (χ2v) is 7.04. The summed E-state index contributed by atoms with van der Waals surface area (Å²) in [5.41, 5.74) is 0.457. The van der Waals surface area contributed by atoms with Crippen molar-refractivity contribution in [2.45, 2.75) is 44.9 Å². The number of amides is 1. The lowest BCUT2D eigenvalue weighted by atomic mass is 9.74. The van der Waals surface area contributed by atoms with Crippen molar-refractivity contribution in [2.24, 2.45) is 5.41 Å². The molecule has 3 saturated heterocycles. The van der Waals surface area contributed by atoms with Gasteiger partial charge in [0.1, 0.15) is 0 Å². The van der Waals surface area contributed by atoms with Gasteiger partial charge >= 0.3 is 0 Å². The average molecular weight is 279 g/mol. The van der Waals surface area contributed by atoms with Gasteiger partial charge in [-0.1, -0.05) is 0 Å². The molecule has 1 atom stereocenters. The third-order valence-electron chi connectivity index (χ3n) is 5.37. The zero-order valence-corrected chi connectivity index (χ0v) is 12.7. The van der Waals surface area contributed by atoms with Crippen LogP contribution in [-0.2, 0) is 4.79 Å². The Bertz CT molecular complexity index is 327. The van der Waals surface area contributed by atoms with Crippen molar-refractivity contribution in [1.82, 2.24) is 15.1 Å². The Kier molecular flexibility index (Phi) is 4.61. The van der Waals surface area contributed by atoms with Gasteiger partial charge in [0.15, 0.2) is 0 Å².